The van der Waals surface area contributed by atoms with E-state index < -0.39 is 99.1 Å². The highest BCUT2D eigenvalue weighted by molar-refractivity contribution is 5.87. The molecule has 3 fully saturated rings. The SMILES string of the molecule is COc1ccc(CCO[C@H]2C[C@@H](O[C@@H]3O[C@@H](C)[C@H](O)[C@@H](O)[C@H]3O)[C@@H](OC(=O)/C=C/c3ccc(O)c(OC)c3)[C@@H](CO[C@H]3OC[C@](O)(CO)[C@H]3O)O2)cc1O. The van der Waals surface area contributed by atoms with E-state index in [9.17, 15) is 45.6 Å². The highest BCUT2D eigenvalue weighted by Gasteiger charge is 2.51. The molecule has 12 atom stereocenters. The highest BCUT2D eigenvalue weighted by Crippen LogP contribution is 2.33. The van der Waals surface area contributed by atoms with Crippen molar-refractivity contribution in [3.8, 4) is 23.0 Å². The Balaban J connectivity index is 1.39. The van der Waals surface area contributed by atoms with Crippen molar-refractivity contribution in [3.05, 3.63) is 53.6 Å². The standard InChI is InChI=1S/C36H48O18/c1-18-29(41)30(42)31(43)34(51-18)53-25-14-28(48-11-10-20-5-8-23(46-2)22(39)12-20)52-26(15-49-35-33(44)36(45,16-37)17-50-35)32(25)54-27(40)9-6-19-4-7-21(38)24(13-19)47-3/h4-9,12-13,18,25-26,28-35,37-39,41-45H,10-11,14-17H2,1-3H3/b9-6+/t18-,25+,26+,28+,29-,30+,31+,32+,33-,34-,35-,36+/m0/s1. The smallest absolute Gasteiger partial charge is 0.331 e. The van der Waals surface area contributed by atoms with Crippen LogP contribution in [0.25, 0.3) is 6.08 Å². The second kappa shape index (κ2) is 18.3. The second-order valence-electron chi connectivity index (χ2n) is 13.2. The first kappa shape index (κ1) is 41.5. The minimum atomic E-state index is -1.99. The van der Waals surface area contributed by atoms with Crippen LogP contribution in [0.15, 0.2) is 42.5 Å². The Kier molecular flexibility index (Phi) is 14.1. The Hall–Kier alpha value is -3.63. The molecular formula is C36H48O18. The molecular weight excluding hydrogens is 720 g/mol. The Bertz CT molecular complexity index is 1570. The number of ether oxygens (including phenoxy) is 9. The molecule has 0 unspecified atom stereocenters. The summed E-state index contributed by atoms with van der Waals surface area (Å²) in [7, 11) is 2.80. The number of rotatable bonds is 15. The zero-order valence-corrected chi connectivity index (χ0v) is 29.9. The molecule has 2 aromatic rings. The van der Waals surface area contributed by atoms with Crippen LogP contribution >= 0.6 is 0 Å². The summed E-state index contributed by atoms with van der Waals surface area (Å²) in [6.45, 7) is -0.154. The van der Waals surface area contributed by atoms with Gasteiger partial charge in [-0.3, -0.25) is 0 Å². The maximum absolute atomic E-state index is 13.3. The molecule has 0 bridgehead atoms. The molecule has 0 radical (unpaired) electrons. The predicted octanol–water partition coefficient (Wildman–Crippen LogP) is -0.916. The van der Waals surface area contributed by atoms with Crippen molar-refractivity contribution >= 4 is 12.0 Å². The molecule has 0 amide bonds. The molecule has 0 aromatic heterocycles. The van der Waals surface area contributed by atoms with E-state index in [-0.39, 0.29) is 30.3 Å². The van der Waals surface area contributed by atoms with Crippen molar-refractivity contribution in [1.29, 1.82) is 0 Å². The number of benzene rings is 2. The van der Waals surface area contributed by atoms with Crippen LogP contribution < -0.4 is 9.47 Å². The van der Waals surface area contributed by atoms with Gasteiger partial charge in [-0.15, -0.1) is 0 Å². The predicted molar refractivity (Wildman–Crippen MR) is 182 cm³/mol. The molecule has 3 heterocycles. The van der Waals surface area contributed by atoms with E-state index in [1.165, 1.54) is 51.5 Å². The summed E-state index contributed by atoms with van der Waals surface area (Å²) in [6.07, 6.45) is -12.4. The van der Waals surface area contributed by atoms with Crippen LogP contribution in [0, 0.1) is 0 Å². The van der Waals surface area contributed by atoms with Crippen molar-refractivity contribution in [3.63, 3.8) is 0 Å². The van der Waals surface area contributed by atoms with Gasteiger partial charge in [0.05, 0.1) is 46.8 Å². The van der Waals surface area contributed by atoms with Gasteiger partial charge in [-0.05, 0) is 54.8 Å². The number of methoxy groups -OCH3 is 2. The topological polar surface area (TPSA) is 262 Å². The summed E-state index contributed by atoms with van der Waals surface area (Å²) in [6, 6.07) is 9.27. The molecule has 8 N–H and O–H groups in total. The highest BCUT2D eigenvalue weighted by atomic mass is 16.7. The number of hydrogen-bond donors (Lipinski definition) is 8. The molecule has 3 aliphatic rings. The van der Waals surface area contributed by atoms with Crippen LogP contribution in [0.1, 0.15) is 24.5 Å². The first-order valence-corrected chi connectivity index (χ1v) is 17.2. The van der Waals surface area contributed by atoms with Crippen molar-refractivity contribution in [2.24, 2.45) is 0 Å². The maximum atomic E-state index is 13.3. The second-order valence-corrected chi connectivity index (χ2v) is 13.2. The zero-order valence-electron chi connectivity index (χ0n) is 29.9. The van der Waals surface area contributed by atoms with Gasteiger partial charge < -0.3 is 83.5 Å². The fraction of sp³-hybridized carbons (Fsp3) is 0.583. The van der Waals surface area contributed by atoms with E-state index in [0.717, 1.165) is 6.08 Å². The van der Waals surface area contributed by atoms with Crippen molar-refractivity contribution in [1.82, 2.24) is 0 Å². The number of aliphatic hydroxyl groups is 6. The fourth-order valence-corrected chi connectivity index (χ4v) is 6.17. The van der Waals surface area contributed by atoms with Gasteiger partial charge in [0.15, 0.2) is 48.0 Å². The molecule has 3 aliphatic heterocycles. The first-order valence-electron chi connectivity index (χ1n) is 17.2. The lowest BCUT2D eigenvalue weighted by Crippen LogP contribution is -2.61. The average Bonchev–Trinajstić information content (AvgIpc) is 3.45. The summed E-state index contributed by atoms with van der Waals surface area (Å²) >= 11 is 0. The van der Waals surface area contributed by atoms with Gasteiger partial charge in [-0.2, -0.15) is 0 Å². The molecule has 18 nitrogen and oxygen atoms in total. The van der Waals surface area contributed by atoms with E-state index in [2.05, 4.69) is 0 Å². The number of aromatic hydroxyl groups is 2. The van der Waals surface area contributed by atoms with Gasteiger partial charge in [-0.1, -0.05) is 12.1 Å². The van der Waals surface area contributed by atoms with Gasteiger partial charge in [0.25, 0.3) is 0 Å². The van der Waals surface area contributed by atoms with Gasteiger partial charge in [-0.25, -0.2) is 4.79 Å². The van der Waals surface area contributed by atoms with Gasteiger partial charge in [0.2, 0.25) is 0 Å². The third-order valence-electron chi connectivity index (χ3n) is 9.41. The zero-order chi connectivity index (χ0) is 39.2. The molecule has 2 aromatic carbocycles. The third-order valence-corrected chi connectivity index (χ3v) is 9.41. The Morgan fingerprint density at radius 1 is 0.926 bits per heavy atom. The van der Waals surface area contributed by atoms with E-state index >= 15 is 0 Å². The lowest BCUT2D eigenvalue weighted by atomic mass is 9.98. The summed E-state index contributed by atoms with van der Waals surface area (Å²) in [5.74, 6) is -0.581. The number of carbonyl (C=O) groups is 1. The van der Waals surface area contributed by atoms with Crippen molar-refractivity contribution in [2.45, 2.75) is 93.1 Å². The number of phenolic OH excluding ortho intramolecular Hbond substituents is 2. The van der Waals surface area contributed by atoms with E-state index in [4.69, 9.17) is 42.6 Å². The summed E-state index contributed by atoms with van der Waals surface area (Å²) < 4.78 is 51.3. The molecule has 0 saturated carbocycles. The van der Waals surface area contributed by atoms with Crippen molar-refractivity contribution < 1.29 is 88.3 Å². The van der Waals surface area contributed by atoms with Crippen LogP contribution in [-0.2, 0) is 44.4 Å². The largest absolute Gasteiger partial charge is 0.504 e. The van der Waals surface area contributed by atoms with E-state index in [0.29, 0.717) is 23.3 Å². The van der Waals surface area contributed by atoms with Crippen LogP contribution in [-0.4, -0.2) is 161 Å². The Morgan fingerprint density at radius 3 is 2.37 bits per heavy atom. The number of esters is 1. The van der Waals surface area contributed by atoms with E-state index in [1.54, 1.807) is 12.1 Å². The van der Waals surface area contributed by atoms with Gasteiger partial charge in [0, 0.05) is 12.5 Å². The van der Waals surface area contributed by atoms with Gasteiger partial charge in [0.1, 0.15) is 42.2 Å². The third kappa shape index (κ3) is 9.78. The minimum absolute atomic E-state index is 0.0603. The van der Waals surface area contributed by atoms with Crippen LogP contribution in [0.3, 0.4) is 0 Å². The first-order chi connectivity index (χ1) is 25.8. The quantitative estimate of drug-likeness (QED) is 0.0805. The number of carbonyl (C=O) groups excluding carboxylic acids is 1. The summed E-state index contributed by atoms with van der Waals surface area (Å²) in [5.41, 5.74) is -0.794. The Morgan fingerprint density at radius 2 is 1.69 bits per heavy atom. The molecule has 18 heteroatoms. The maximum Gasteiger partial charge on any atom is 0.331 e. The molecule has 5 rings (SSSR count). The monoisotopic (exact) mass is 768 g/mol. The van der Waals surface area contributed by atoms with Crippen LogP contribution in [0.2, 0.25) is 0 Å². The number of aliphatic hydroxyl groups excluding tert-OH is 5. The number of phenols is 2. The van der Waals surface area contributed by atoms with Gasteiger partial charge >= 0.3 is 5.97 Å². The fourth-order valence-electron chi connectivity index (χ4n) is 6.17. The average molecular weight is 769 g/mol. The van der Waals surface area contributed by atoms with Crippen molar-refractivity contribution in [2.75, 3.05) is 40.6 Å². The normalized spacial score (nSPS) is 34.2. The summed E-state index contributed by atoms with van der Waals surface area (Å²) in [5, 5.41) is 82.3. The molecule has 300 valence electrons. The minimum Gasteiger partial charge on any atom is -0.504 e. The lowest BCUT2D eigenvalue weighted by molar-refractivity contribution is -0.338. The number of hydrogen-bond acceptors (Lipinski definition) is 18. The van der Waals surface area contributed by atoms with Crippen LogP contribution in [0.5, 0.6) is 23.0 Å². The van der Waals surface area contributed by atoms with E-state index in [1.807, 2.05) is 0 Å². The van der Waals surface area contributed by atoms with Crippen LogP contribution in [0.4, 0.5) is 0 Å². The molecule has 0 aliphatic carbocycles. The lowest BCUT2D eigenvalue weighted by Gasteiger charge is -2.45. The molecule has 0 spiro atoms. The Labute approximate surface area is 310 Å². The molecule has 54 heavy (non-hydrogen) atoms. The summed E-state index contributed by atoms with van der Waals surface area (Å²) in [4.78, 5) is 13.3. The molecule has 3 saturated heterocycles.